The minimum absolute atomic E-state index is 0.715. The molecular formula is C17H34N2. The van der Waals surface area contributed by atoms with Crippen LogP contribution in [0.2, 0.25) is 0 Å². The summed E-state index contributed by atoms with van der Waals surface area (Å²) in [5.74, 6) is 1.84. The number of nitrogens with zero attached hydrogens (tertiary/aromatic N) is 1. The fourth-order valence-electron chi connectivity index (χ4n) is 3.75. The van der Waals surface area contributed by atoms with Gasteiger partial charge in [-0.05, 0) is 31.7 Å². The summed E-state index contributed by atoms with van der Waals surface area (Å²) in [6.07, 6.45) is 10.2. The Morgan fingerprint density at radius 2 is 1.95 bits per heavy atom. The van der Waals surface area contributed by atoms with Crippen molar-refractivity contribution in [2.75, 3.05) is 19.6 Å². The third kappa shape index (κ3) is 4.46. The SMILES string of the molecule is CCC(C)C1CN(CCC2CCCCC2)C(C)CN1. The first-order chi connectivity index (χ1) is 9.20. The molecule has 0 bridgehead atoms. The minimum Gasteiger partial charge on any atom is -0.311 e. The fraction of sp³-hybridized carbons (Fsp3) is 1.00. The van der Waals surface area contributed by atoms with Gasteiger partial charge in [0.1, 0.15) is 0 Å². The van der Waals surface area contributed by atoms with Gasteiger partial charge in [0.25, 0.3) is 0 Å². The third-order valence-electron chi connectivity index (χ3n) is 5.61. The van der Waals surface area contributed by atoms with Crippen LogP contribution in [-0.2, 0) is 0 Å². The van der Waals surface area contributed by atoms with Crippen molar-refractivity contribution in [3.63, 3.8) is 0 Å². The standard InChI is InChI=1S/C17H34N2/c1-4-14(2)17-13-19(15(3)12-18-17)11-10-16-8-6-5-7-9-16/h14-18H,4-13H2,1-3H3. The van der Waals surface area contributed by atoms with E-state index >= 15 is 0 Å². The largest absolute Gasteiger partial charge is 0.311 e. The molecule has 2 aliphatic rings. The smallest absolute Gasteiger partial charge is 0.0221 e. The van der Waals surface area contributed by atoms with Crippen molar-refractivity contribution in [2.45, 2.75) is 77.8 Å². The van der Waals surface area contributed by atoms with Crippen LogP contribution in [0.3, 0.4) is 0 Å². The molecule has 1 saturated heterocycles. The van der Waals surface area contributed by atoms with Crippen LogP contribution in [0.15, 0.2) is 0 Å². The molecule has 0 aromatic heterocycles. The summed E-state index contributed by atoms with van der Waals surface area (Å²) in [5.41, 5.74) is 0. The van der Waals surface area contributed by atoms with E-state index in [-0.39, 0.29) is 0 Å². The first-order valence-corrected chi connectivity index (χ1v) is 8.68. The van der Waals surface area contributed by atoms with Crippen molar-refractivity contribution in [3.8, 4) is 0 Å². The summed E-state index contributed by atoms with van der Waals surface area (Å²) in [7, 11) is 0. The molecule has 3 unspecified atom stereocenters. The molecule has 2 heteroatoms. The lowest BCUT2D eigenvalue weighted by Crippen LogP contribution is -2.57. The molecule has 3 atom stereocenters. The van der Waals surface area contributed by atoms with Crippen LogP contribution in [0.5, 0.6) is 0 Å². The molecule has 1 aliphatic heterocycles. The Bertz CT molecular complexity index is 248. The molecule has 0 aromatic rings. The molecule has 1 N–H and O–H groups in total. The Balaban J connectivity index is 1.76. The second-order valence-corrected chi connectivity index (χ2v) is 7.04. The van der Waals surface area contributed by atoms with Gasteiger partial charge < -0.3 is 5.32 Å². The van der Waals surface area contributed by atoms with E-state index in [2.05, 4.69) is 31.0 Å². The van der Waals surface area contributed by atoms with Crippen molar-refractivity contribution >= 4 is 0 Å². The highest BCUT2D eigenvalue weighted by molar-refractivity contribution is 4.86. The zero-order valence-electron chi connectivity index (χ0n) is 13.3. The lowest BCUT2D eigenvalue weighted by molar-refractivity contribution is 0.108. The predicted octanol–water partition coefficient (Wildman–Crippen LogP) is 3.67. The number of nitrogens with one attached hydrogen (secondary N) is 1. The van der Waals surface area contributed by atoms with Gasteiger partial charge in [0.15, 0.2) is 0 Å². The van der Waals surface area contributed by atoms with Gasteiger partial charge in [0, 0.05) is 25.2 Å². The fourth-order valence-corrected chi connectivity index (χ4v) is 3.75. The maximum atomic E-state index is 3.75. The molecule has 0 aromatic carbocycles. The van der Waals surface area contributed by atoms with Gasteiger partial charge in [-0.3, -0.25) is 4.90 Å². The molecule has 0 radical (unpaired) electrons. The van der Waals surface area contributed by atoms with E-state index in [9.17, 15) is 0 Å². The summed E-state index contributed by atoms with van der Waals surface area (Å²) in [5, 5.41) is 3.75. The minimum atomic E-state index is 0.715. The van der Waals surface area contributed by atoms with Crippen molar-refractivity contribution in [3.05, 3.63) is 0 Å². The zero-order chi connectivity index (χ0) is 13.7. The Morgan fingerprint density at radius 1 is 1.21 bits per heavy atom. The first kappa shape index (κ1) is 15.3. The molecule has 0 amide bonds. The topological polar surface area (TPSA) is 15.3 Å². The Hall–Kier alpha value is -0.0800. The molecule has 0 spiro atoms. The first-order valence-electron chi connectivity index (χ1n) is 8.68. The average molecular weight is 266 g/mol. The van der Waals surface area contributed by atoms with Gasteiger partial charge in [-0.2, -0.15) is 0 Å². The Kier molecular flexibility index (Phi) is 6.15. The maximum absolute atomic E-state index is 3.75. The van der Waals surface area contributed by atoms with Crippen LogP contribution >= 0.6 is 0 Å². The molecule has 1 heterocycles. The number of hydrogen-bond donors (Lipinski definition) is 1. The van der Waals surface area contributed by atoms with Crippen molar-refractivity contribution in [2.24, 2.45) is 11.8 Å². The molecule has 1 aliphatic carbocycles. The molecule has 19 heavy (non-hydrogen) atoms. The van der Waals surface area contributed by atoms with E-state index in [4.69, 9.17) is 0 Å². The summed E-state index contributed by atoms with van der Waals surface area (Å²) >= 11 is 0. The molecule has 2 nitrogen and oxygen atoms in total. The third-order valence-corrected chi connectivity index (χ3v) is 5.61. The summed E-state index contributed by atoms with van der Waals surface area (Å²) in [4.78, 5) is 2.75. The van der Waals surface area contributed by atoms with E-state index in [1.54, 1.807) is 0 Å². The van der Waals surface area contributed by atoms with E-state index in [0.717, 1.165) is 17.9 Å². The normalized spacial score (nSPS) is 32.4. The average Bonchev–Trinajstić information content (AvgIpc) is 2.46. The predicted molar refractivity (Wildman–Crippen MR) is 83.5 cm³/mol. The van der Waals surface area contributed by atoms with Crippen LogP contribution in [0.1, 0.15) is 65.7 Å². The van der Waals surface area contributed by atoms with E-state index < -0.39 is 0 Å². The maximum Gasteiger partial charge on any atom is 0.0221 e. The van der Waals surface area contributed by atoms with Crippen LogP contribution in [0.25, 0.3) is 0 Å². The van der Waals surface area contributed by atoms with Crippen LogP contribution in [-0.4, -0.2) is 36.6 Å². The van der Waals surface area contributed by atoms with Crippen LogP contribution in [0.4, 0.5) is 0 Å². The number of piperazine rings is 1. The van der Waals surface area contributed by atoms with E-state index in [1.165, 1.54) is 64.6 Å². The highest BCUT2D eigenvalue weighted by Crippen LogP contribution is 2.27. The van der Waals surface area contributed by atoms with Crippen molar-refractivity contribution < 1.29 is 0 Å². The Morgan fingerprint density at radius 3 is 2.63 bits per heavy atom. The zero-order valence-corrected chi connectivity index (χ0v) is 13.3. The second-order valence-electron chi connectivity index (χ2n) is 7.04. The monoisotopic (exact) mass is 266 g/mol. The highest BCUT2D eigenvalue weighted by Gasteiger charge is 2.27. The van der Waals surface area contributed by atoms with Gasteiger partial charge in [-0.15, -0.1) is 0 Å². The summed E-state index contributed by atoms with van der Waals surface area (Å²) < 4.78 is 0. The molecular weight excluding hydrogens is 232 g/mol. The number of rotatable bonds is 5. The summed E-state index contributed by atoms with van der Waals surface area (Å²) in [6.45, 7) is 10.9. The molecule has 2 fully saturated rings. The summed E-state index contributed by atoms with van der Waals surface area (Å²) in [6, 6.07) is 1.44. The van der Waals surface area contributed by atoms with E-state index in [0.29, 0.717) is 6.04 Å². The molecule has 2 rings (SSSR count). The highest BCUT2D eigenvalue weighted by atomic mass is 15.2. The van der Waals surface area contributed by atoms with Gasteiger partial charge in [-0.25, -0.2) is 0 Å². The van der Waals surface area contributed by atoms with Gasteiger partial charge in [-0.1, -0.05) is 52.4 Å². The van der Waals surface area contributed by atoms with Crippen molar-refractivity contribution in [1.82, 2.24) is 10.2 Å². The molecule has 1 saturated carbocycles. The lowest BCUT2D eigenvalue weighted by Gasteiger charge is -2.41. The van der Waals surface area contributed by atoms with Gasteiger partial charge >= 0.3 is 0 Å². The lowest BCUT2D eigenvalue weighted by atomic mass is 9.86. The number of hydrogen-bond acceptors (Lipinski definition) is 2. The van der Waals surface area contributed by atoms with Crippen LogP contribution < -0.4 is 5.32 Å². The van der Waals surface area contributed by atoms with E-state index in [1.807, 2.05) is 0 Å². The molecule has 112 valence electrons. The second kappa shape index (κ2) is 7.64. The van der Waals surface area contributed by atoms with Gasteiger partial charge in [0.2, 0.25) is 0 Å². The van der Waals surface area contributed by atoms with Crippen LogP contribution in [0, 0.1) is 11.8 Å². The quantitative estimate of drug-likeness (QED) is 0.817. The van der Waals surface area contributed by atoms with Crippen molar-refractivity contribution in [1.29, 1.82) is 0 Å². The van der Waals surface area contributed by atoms with Gasteiger partial charge in [0.05, 0.1) is 0 Å². The Labute approximate surface area is 120 Å².